The van der Waals surface area contributed by atoms with E-state index in [-0.39, 0.29) is 27.9 Å². The highest BCUT2D eigenvalue weighted by Gasteiger charge is 2.48. The maximum absolute atomic E-state index is 13.9. The zero-order valence-corrected chi connectivity index (χ0v) is 27.6. The van der Waals surface area contributed by atoms with E-state index in [1.165, 1.54) is 11.0 Å². The zero-order valence-electron chi connectivity index (χ0n) is 26.8. The average Bonchev–Trinajstić information content (AvgIpc) is 3.63. The van der Waals surface area contributed by atoms with Crippen LogP contribution in [0.3, 0.4) is 0 Å². The third kappa shape index (κ3) is 7.00. The number of aryl methyl sites for hydroxylation is 2. The van der Waals surface area contributed by atoms with Gasteiger partial charge in [0.1, 0.15) is 41.1 Å². The molecule has 0 saturated carbocycles. The molecule has 4 aromatic carbocycles. The van der Waals surface area contributed by atoms with Crippen molar-refractivity contribution in [1.29, 1.82) is 0 Å². The topological polar surface area (TPSA) is 115 Å². The van der Waals surface area contributed by atoms with E-state index in [1.807, 2.05) is 55.5 Å². The number of anilines is 1. The van der Waals surface area contributed by atoms with Crippen molar-refractivity contribution in [2.24, 2.45) is 0 Å². The first-order chi connectivity index (χ1) is 23.7. The van der Waals surface area contributed by atoms with E-state index in [2.05, 4.69) is 11.6 Å². The van der Waals surface area contributed by atoms with E-state index in [4.69, 9.17) is 14.2 Å². The van der Waals surface area contributed by atoms with E-state index >= 15 is 0 Å². The molecule has 1 N–H and O–H groups in total. The minimum atomic E-state index is -1.10. The van der Waals surface area contributed by atoms with Gasteiger partial charge in [-0.05, 0) is 73.0 Å². The molecule has 1 fully saturated rings. The molecule has 1 saturated heterocycles. The molecule has 1 aliphatic heterocycles. The summed E-state index contributed by atoms with van der Waals surface area (Å²) in [5, 5.41) is 11.9. The molecule has 0 unspecified atom stereocenters. The molecule has 49 heavy (non-hydrogen) atoms. The van der Waals surface area contributed by atoms with Crippen LogP contribution in [0.2, 0.25) is 0 Å². The second-order valence-corrected chi connectivity index (χ2v) is 12.2. The van der Waals surface area contributed by atoms with Crippen LogP contribution in [-0.2, 0) is 20.9 Å². The first-order valence-electron chi connectivity index (χ1n) is 15.4. The van der Waals surface area contributed by atoms with E-state index in [0.29, 0.717) is 40.7 Å². The highest BCUT2D eigenvalue weighted by Crippen LogP contribution is 2.45. The molecular formula is C39H32N2O7S. The fourth-order valence-electron chi connectivity index (χ4n) is 5.44. The highest BCUT2D eigenvalue weighted by atomic mass is 32.1. The standard InChI is InChI=1S/C39H32N2O7S/c1-4-20-46-38(45)36-25(3)40-39(49-36)41-33(27-14-11-17-30(22-27)48-29-15-9-6-10-16-29)32(35(43)37(41)44)34(42)28-18-19-31(24(2)21-28)47-23-26-12-7-5-8-13-26/h4-19,21-22,33,42H,1,20,23H2,2-3H3/b34-32+/t33-/m0/s1. The predicted molar refractivity (Wildman–Crippen MR) is 187 cm³/mol. The third-order valence-corrected chi connectivity index (χ3v) is 8.93. The van der Waals surface area contributed by atoms with E-state index in [0.717, 1.165) is 22.5 Å². The number of carbonyl (C=O) groups is 3. The van der Waals surface area contributed by atoms with Crippen LogP contribution in [0.4, 0.5) is 5.13 Å². The molecule has 9 nitrogen and oxygen atoms in total. The SMILES string of the molecule is C=CCOC(=O)c1sc(N2C(=O)C(=O)/C(=C(/O)c3ccc(OCc4ccccc4)c(C)c3)[C@@H]2c2cccc(Oc3ccccc3)c2)nc1C. The van der Waals surface area contributed by atoms with Gasteiger partial charge in [0.05, 0.1) is 17.3 Å². The maximum atomic E-state index is 13.9. The number of esters is 1. The van der Waals surface area contributed by atoms with Gasteiger partial charge >= 0.3 is 11.9 Å². The summed E-state index contributed by atoms with van der Waals surface area (Å²) in [5.74, 6) is -1.14. The Bertz CT molecular complexity index is 2070. The van der Waals surface area contributed by atoms with E-state index in [1.54, 1.807) is 61.5 Å². The van der Waals surface area contributed by atoms with Crippen molar-refractivity contribution in [3.63, 3.8) is 0 Å². The summed E-state index contributed by atoms with van der Waals surface area (Å²) >= 11 is 0.925. The van der Waals surface area contributed by atoms with Gasteiger partial charge in [0.15, 0.2) is 5.13 Å². The summed E-state index contributed by atoms with van der Waals surface area (Å²) in [6.45, 7) is 7.38. The van der Waals surface area contributed by atoms with Crippen molar-refractivity contribution in [3.05, 3.63) is 154 Å². The number of aliphatic hydroxyl groups is 1. The number of ether oxygens (including phenoxy) is 3. The van der Waals surface area contributed by atoms with Crippen LogP contribution in [0.15, 0.2) is 121 Å². The molecule has 1 aromatic heterocycles. The Morgan fingerprint density at radius 1 is 0.939 bits per heavy atom. The minimum Gasteiger partial charge on any atom is -0.507 e. The smallest absolute Gasteiger partial charge is 0.350 e. The van der Waals surface area contributed by atoms with Gasteiger partial charge in [0.25, 0.3) is 5.78 Å². The van der Waals surface area contributed by atoms with Gasteiger partial charge in [0.2, 0.25) is 0 Å². The summed E-state index contributed by atoms with van der Waals surface area (Å²) in [5.41, 5.74) is 2.73. The zero-order chi connectivity index (χ0) is 34.5. The summed E-state index contributed by atoms with van der Waals surface area (Å²) in [6, 6.07) is 29.8. The van der Waals surface area contributed by atoms with Gasteiger partial charge < -0.3 is 19.3 Å². The van der Waals surface area contributed by atoms with Crippen LogP contribution in [0.1, 0.15) is 43.7 Å². The molecule has 5 aromatic rings. The van der Waals surface area contributed by atoms with Crippen molar-refractivity contribution in [3.8, 4) is 17.2 Å². The molecule has 1 aliphatic rings. The molecule has 0 spiro atoms. The van der Waals surface area contributed by atoms with Crippen molar-refractivity contribution in [2.45, 2.75) is 26.5 Å². The van der Waals surface area contributed by atoms with Gasteiger partial charge in [-0.25, -0.2) is 9.78 Å². The molecule has 10 heteroatoms. The number of nitrogens with zero attached hydrogens (tertiary/aromatic N) is 2. The summed E-state index contributed by atoms with van der Waals surface area (Å²) < 4.78 is 17.3. The second-order valence-electron chi connectivity index (χ2n) is 11.2. The normalized spacial score (nSPS) is 15.2. The number of Topliss-reactive ketones (excluding diaryl/α,β-unsaturated/α-hetero) is 1. The predicted octanol–water partition coefficient (Wildman–Crippen LogP) is 8.10. The number of para-hydroxylation sites is 1. The number of hydrogen-bond donors (Lipinski definition) is 1. The Morgan fingerprint density at radius 2 is 1.65 bits per heavy atom. The van der Waals surface area contributed by atoms with Crippen LogP contribution < -0.4 is 14.4 Å². The molecule has 0 radical (unpaired) electrons. The number of carbonyl (C=O) groups excluding carboxylic acids is 3. The van der Waals surface area contributed by atoms with Gasteiger partial charge in [-0.3, -0.25) is 14.5 Å². The molecule has 2 heterocycles. The number of aliphatic hydroxyl groups excluding tert-OH is 1. The molecular weight excluding hydrogens is 641 g/mol. The Morgan fingerprint density at radius 3 is 2.37 bits per heavy atom. The maximum Gasteiger partial charge on any atom is 0.350 e. The van der Waals surface area contributed by atoms with Gasteiger partial charge in [-0.2, -0.15) is 0 Å². The lowest BCUT2D eigenvalue weighted by atomic mass is 9.94. The Hall–Kier alpha value is -6.00. The molecule has 1 amide bonds. The number of rotatable bonds is 11. The lowest BCUT2D eigenvalue weighted by Gasteiger charge is -2.23. The number of thiazole rings is 1. The lowest BCUT2D eigenvalue weighted by molar-refractivity contribution is -0.132. The largest absolute Gasteiger partial charge is 0.507 e. The van der Waals surface area contributed by atoms with Crippen molar-refractivity contribution >= 4 is 39.9 Å². The minimum absolute atomic E-state index is 0.000269. The van der Waals surface area contributed by atoms with Crippen LogP contribution in [0.25, 0.3) is 5.76 Å². The van der Waals surface area contributed by atoms with Crippen LogP contribution in [0, 0.1) is 13.8 Å². The molecule has 246 valence electrons. The second kappa shape index (κ2) is 14.4. The fourth-order valence-corrected chi connectivity index (χ4v) is 6.43. The molecule has 0 aliphatic carbocycles. The number of ketones is 1. The monoisotopic (exact) mass is 672 g/mol. The van der Waals surface area contributed by atoms with Crippen molar-refractivity contribution in [1.82, 2.24) is 4.98 Å². The van der Waals surface area contributed by atoms with E-state index < -0.39 is 23.7 Å². The first-order valence-corrected chi connectivity index (χ1v) is 16.2. The lowest BCUT2D eigenvalue weighted by Crippen LogP contribution is -2.29. The molecule has 6 rings (SSSR count). The van der Waals surface area contributed by atoms with E-state index in [9.17, 15) is 19.5 Å². The van der Waals surface area contributed by atoms with Crippen molar-refractivity contribution in [2.75, 3.05) is 11.5 Å². The highest BCUT2D eigenvalue weighted by molar-refractivity contribution is 7.17. The number of amides is 1. The van der Waals surface area contributed by atoms with Gasteiger partial charge in [-0.15, -0.1) is 0 Å². The quantitative estimate of drug-likeness (QED) is 0.0492. The molecule has 1 atom stereocenters. The number of benzene rings is 4. The average molecular weight is 673 g/mol. The Kier molecular flexibility index (Phi) is 9.68. The summed E-state index contributed by atoms with van der Waals surface area (Å²) in [7, 11) is 0. The Labute approximate surface area is 287 Å². The van der Waals surface area contributed by atoms with Crippen molar-refractivity contribution < 1.29 is 33.7 Å². The van der Waals surface area contributed by atoms with Gasteiger partial charge in [-0.1, -0.05) is 84.7 Å². The summed E-state index contributed by atoms with van der Waals surface area (Å²) in [6.07, 6.45) is 1.45. The third-order valence-electron chi connectivity index (χ3n) is 7.79. The number of hydrogen-bond acceptors (Lipinski definition) is 9. The van der Waals surface area contributed by atoms with Crippen LogP contribution in [0.5, 0.6) is 17.2 Å². The number of aromatic nitrogens is 1. The van der Waals surface area contributed by atoms with Crippen LogP contribution >= 0.6 is 11.3 Å². The van der Waals surface area contributed by atoms with Gasteiger partial charge in [0, 0.05) is 5.56 Å². The fraction of sp³-hybridized carbons (Fsp3) is 0.128. The summed E-state index contributed by atoms with van der Waals surface area (Å²) in [4.78, 5) is 46.3. The Balaban J connectivity index is 1.42. The molecule has 0 bridgehead atoms. The first kappa shape index (κ1) is 32.9. The van der Waals surface area contributed by atoms with Crippen LogP contribution in [-0.4, -0.2) is 34.4 Å².